The van der Waals surface area contributed by atoms with E-state index in [0.29, 0.717) is 12.2 Å². The van der Waals surface area contributed by atoms with Crippen LogP contribution in [0.15, 0.2) is 59.7 Å². The maximum Gasteiger partial charge on any atom is 0.407 e. The van der Waals surface area contributed by atoms with E-state index in [0.717, 1.165) is 5.56 Å². The number of ether oxygens (including phenoxy) is 3. The molecule has 1 aliphatic heterocycles. The molecule has 3 rings (SSSR count). The van der Waals surface area contributed by atoms with Gasteiger partial charge in [0.1, 0.15) is 5.60 Å². The minimum atomic E-state index is -3.74. The van der Waals surface area contributed by atoms with E-state index < -0.39 is 33.3 Å². The Bertz CT molecular complexity index is 1180. The number of carbonyl (C=O) groups excluding carboxylic acids is 2. The van der Waals surface area contributed by atoms with Crippen LogP contribution < -0.4 is 5.32 Å². The molecule has 0 bridgehead atoms. The Morgan fingerprint density at radius 2 is 1.82 bits per heavy atom. The van der Waals surface area contributed by atoms with E-state index >= 15 is 0 Å². The third-order valence-corrected chi connectivity index (χ3v) is 6.84. The standard InChI is InChI=1S/C25H29NO7S/c1-25(2,3)33-24(28)26-14-21-20(17-12-13-32-15-17)11-10-18(22(21)23(27)31-4)16-34(29,30)19-8-6-5-7-9-19/h5-13,17H,14-16H2,1-4H3,(H,26,28). The first-order chi connectivity index (χ1) is 16.0. The molecule has 0 radical (unpaired) electrons. The molecule has 0 spiro atoms. The van der Waals surface area contributed by atoms with Crippen molar-refractivity contribution >= 4 is 21.9 Å². The van der Waals surface area contributed by atoms with Crippen molar-refractivity contribution in [2.45, 2.75) is 49.5 Å². The number of esters is 1. The summed E-state index contributed by atoms with van der Waals surface area (Å²) < 4.78 is 41.8. The van der Waals surface area contributed by atoms with Gasteiger partial charge in [-0.05, 0) is 55.7 Å². The molecule has 1 heterocycles. The number of amides is 1. The van der Waals surface area contributed by atoms with Gasteiger partial charge in [0, 0.05) is 12.5 Å². The maximum absolute atomic E-state index is 13.1. The molecule has 0 fully saturated rings. The van der Waals surface area contributed by atoms with Crippen molar-refractivity contribution in [3.63, 3.8) is 0 Å². The van der Waals surface area contributed by atoms with E-state index in [4.69, 9.17) is 14.2 Å². The molecular formula is C25H29NO7S. The predicted octanol–water partition coefficient (Wildman–Crippen LogP) is 4.10. The lowest BCUT2D eigenvalue weighted by Crippen LogP contribution is -2.33. The second kappa shape index (κ2) is 10.3. The number of hydrogen-bond donors (Lipinski definition) is 1. The summed E-state index contributed by atoms with van der Waals surface area (Å²) in [5.74, 6) is -1.26. The summed E-state index contributed by atoms with van der Waals surface area (Å²) in [6, 6.07) is 11.4. The molecular weight excluding hydrogens is 458 g/mol. The van der Waals surface area contributed by atoms with Crippen molar-refractivity contribution in [3.05, 3.63) is 77.1 Å². The molecule has 1 amide bonds. The fourth-order valence-electron chi connectivity index (χ4n) is 3.68. The third-order valence-electron chi connectivity index (χ3n) is 5.16. The lowest BCUT2D eigenvalue weighted by molar-refractivity contribution is 0.0517. The van der Waals surface area contributed by atoms with Crippen LogP contribution in [0.5, 0.6) is 0 Å². The van der Waals surface area contributed by atoms with Gasteiger partial charge in [0.15, 0.2) is 9.84 Å². The topological polar surface area (TPSA) is 108 Å². The smallest absolute Gasteiger partial charge is 0.407 e. The number of carbonyl (C=O) groups is 2. The molecule has 1 atom stereocenters. The highest BCUT2D eigenvalue weighted by molar-refractivity contribution is 7.90. The number of benzene rings is 2. The normalized spacial score (nSPS) is 15.5. The van der Waals surface area contributed by atoms with Gasteiger partial charge in [-0.15, -0.1) is 0 Å². The zero-order valence-electron chi connectivity index (χ0n) is 19.7. The number of methoxy groups -OCH3 is 1. The highest BCUT2D eigenvalue weighted by atomic mass is 32.2. The average molecular weight is 488 g/mol. The van der Waals surface area contributed by atoms with Crippen molar-refractivity contribution in [3.8, 4) is 0 Å². The molecule has 2 aromatic rings. The molecule has 34 heavy (non-hydrogen) atoms. The number of hydrogen-bond acceptors (Lipinski definition) is 7. The van der Waals surface area contributed by atoms with E-state index in [2.05, 4.69) is 5.32 Å². The molecule has 9 heteroatoms. The number of rotatable bonds is 7. The Morgan fingerprint density at radius 3 is 2.41 bits per heavy atom. The van der Waals surface area contributed by atoms with Gasteiger partial charge >= 0.3 is 12.1 Å². The highest BCUT2D eigenvalue weighted by Crippen LogP contribution is 2.32. The third kappa shape index (κ3) is 6.17. The largest absolute Gasteiger partial charge is 0.501 e. The summed E-state index contributed by atoms with van der Waals surface area (Å²) in [7, 11) is -2.51. The average Bonchev–Trinajstić information content (AvgIpc) is 3.31. The minimum Gasteiger partial charge on any atom is -0.501 e. The quantitative estimate of drug-likeness (QED) is 0.586. The monoisotopic (exact) mass is 487 g/mol. The van der Waals surface area contributed by atoms with E-state index in [9.17, 15) is 18.0 Å². The van der Waals surface area contributed by atoms with Gasteiger partial charge in [0.25, 0.3) is 0 Å². The van der Waals surface area contributed by atoms with E-state index in [1.807, 2.05) is 6.08 Å². The summed E-state index contributed by atoms with van der Waals surface area (Å²) in [4.78, 5) is 25.4. The number of nitrogens with one attached hydrogen (secondary N) is 1. The Hall–Kier alpha value is -3.33. The summed E-state index contributed by atoms with van der Waals surface area (Å²) >= 11 is 0. The van der Waals surface area contributed by atoms with Crippen LogP contribution in [0.1, 0.15) is 53.7 Å². The van der Waals surface area contributed by atoms with Crippen LogP contribution in [-0.4, -0.2) is 39.8 Å². The van der Waals surface area contributed by atoms with Crippen molar-refractivity contribution in [1.29, 1.82) is 0 Å². The van der Waals surface area contributed by atoms with E-state index in [1.54, 1.807) is 57.4 Å². The van der Waals surface area contributed by atoms with Gasteiger partial charge < -0.3 is 19.5 Å². The Kier molecular flexibility index (Phi) is 7.66. The first-order valence-corrected chi connectivity index (χ1v) is 12.4. The number of sulfone groups is 1. The molecule has 0 saturated heterocycles. The highest BCUT2D eigenvalue weighted by Gasteiger charge is 2.28. The molecule has 2 aromatic carbocycles. The molecule has 1 N–H and O–H groups in total. The van der Waals surface area contributed by atoms with Crippen LogP contribution in [0.3, 0.4) is 0 Å². The van der Waals surface area contributed by atoms with Gasteiger partial charge in [-0.3, -0.25) is 0 Å². The number of alkyl carbamates (subject to hydrolysis) is 1. The Balaban J connectivity index is 2.06. The fourth-order valence-corrected chi connectivity index (χ4v) is 5.06. The zero-order valence-corrected chi connectivity index (χ0v) is 20.5. The van der Waals surface area contributed by atoms with Crippen molar-refractivity contribution in [2.24, 2.45) is 0 Å². The van der Waals surface area contributed by atoms with Gasteiger partial charge in [-0.1, -0.05) is 30.3 Å². The Labute approximate surface area is 199 Å². The lowest BCUT2D eigenvalue weighted by atomic mass is 9.89. The summed E-state index contributed by atoms with van der Waals surface area (Å²) in [6.45, 7) is 5.54. The molecule has 8 nitrogen and oxygen atoms in total. The predicted molar refractivity (Wildman–Crippen MR) is 126 cm³/mol. The van der Waals surface area contributed by atoms with Gasteiger partial charge in [-0.25, -0.2) is 18.0 Å². The minimum absolute atomic E-state index is 0.0573. The summed E-state index contributed by atoms with van der Waals surface area (Å²) in [6.07, 6.45) is 2.75. The van der Waals surface area contributed by atoms with Gasteiger partial charge in [0.05, 0.1) is 36.2 Å². The first-order valence-electron chi connectivity index (χ1n) is 10.8. The van der Waals surface area contributed by atoms with E-state index in [1.165, 1.54) is 19.2 Å². The summed E-state index contributed by atoms with van der Waals surface area (Å²) in [5.41, 5.74) is 0.870. The van der Waals surface area contributed by atoms with Crippen LogP contribution in [0, 0.1) is 0 Å². The molecule has 0 saturated carbocycles. The zero-order chi connectivity index (χ0) is 24.9. The van der Waals surface area contributed by atoms with Gasteiger partial charge in [0.2, 0.25) is 0 Å². The van der Waals surface area contributed by atoms with Crippen LogP contribution in [0.25, 0.3) is 0 Å². The van der Waals surface area contributed by atoms with Crippen LogP contribution in [0.2, 0.25) is 0 Å². The molecule has 1 unspecified atom stereocenters. The Morgan fingerprint density at radius 1 is 1.12 bits per heavy atom. The maximum atomic E-state index is 13.1. The molecule has 0 aliphatic carbocycles. The van der Waals surface area contributed by atoms with Crippen LogP contribution in [-0.2, 0) is 36.3 Å². The molecule has 1 aliphatic rings. The van der Waals surface area contributed by atoms with Crippen LogP contribution in [0.4, 0.5) is 4.79 Å². The van der Waals surface area contributed by atoms with Crippen molar-refractivity contribution < 1.29 is 32.2 Å². The second-order valence-electron chi connectivity index (χ2n) is 8.85. The van der Waals surface area contributed by atoms with Gasteiger partial charge in [-0.2, -0.15) is 0 Å². The molecule has 182 valence electrons. The lowest BCUT2D eigenvalue weighted by Gasteiger charge is -2.22. The van der Waals surface area contributed by atoms with Crippen molar-refractivity contribution in [2.75, 3.05) is 13.7 Å². The SMILES string of the molecule is COC(=O)c1c(CS(=O)(=O)c2ccccc2)ccc(C2C=COC2)c1CNC(=O)OC(C)(C)C. The first kappa shape index (κ1) is 25.3. The molecule has 0 aromatic heterocycles. The fraction of sp³-hybridized carbons (Fsp3) is 0.360. The second-order valence-corrected chi connectivity index (χ2v) is 10.8. The van der Waals surface area contributed by atoms with Crippen LogP contribution >= 0.6 is 0 Å². The summed E-state index contributed by atoms with van der Waals surface area (Å²) in [5, 5.41) is 2.68. The van der Waals surface area contributed by atoms with E-state index in [-0.39, 0.29) is 28.5 Å². The van der Waals surface area contributed by atoms with Crippen molar-refractivity contribution in [1.82, 2.24) is 5.32 Å².